The van der Waals surface area contributed by atoms with Crippen LogP contribution in [0.2, 0.25) is 5.02 Å². The van der Waals surface area contributed by atoms with Gasteiger partial charge in [0.15, 0.2) is 0 Å². The zero-order valence-corrected chi connectivity index (χ0v) is 18.0. The van der Waals surface area contributed by atoms with Gasteiger partial charge in [0.25, 0.3) is 5.56 Å². The molecule has 4 rings (SSSR count). The number of amides is 1. The summed E-state index contributed by atoms with van der Waals surface area (Å²) in [5, 5.41) is 8.42. The molecule has 160 valence electrons. The lowest BCUT2D eigenvalue weighted by atomic mass is 9.96. The first-order valence-corrected chi connectivity index (χ1v) is 11.4. The Kier molecular flexibility index (Phi) is 6.72. The SMILES string of the molecule is O=C(NC1CCCCCC1)[C@H]1CCCN(c2ccc(=O)n(-c3cccc(Cl)c3)n2)C1. The minimum absolute atomic E-state index is 0.0460. The summed E-state index contributed by atoms with van der Waals surface area (Å²) in [5.41, 5.74) is 0.426. The maximum Gasteiger partial charge on any atom is 0.271 e. The molecule has 1 amide bonds. The molecule has 0 radical (unpaired) electrons. The molecule has 0 bridgehead atoms. The highest BCUT2D eigenvalue weighted by Crippen LogP contribution is 2.23. The van der Waals surface area contributed by atoms with Gasteiger partial charge in [-0.05, 0) is 49.9 Å². The molecule has 0 spiro atoms. The number of halogens is 1. The summed E-state index contributed by atoms with van der Waals surface area (Å²) in [6.07, 6.45) is 8.97. The first kappa shape index (κ1) is 20.9. The third kappa shape index (κ3) is 5.04. The van der Waals surface area contributed by atoms with Gasteiger partial charge in [-0.15, -0.1) is 5.10 Å². The smallest absolute Gasteiger partial charge is 0.271 e. The van der Waals surface area contributed by atoms with Crippen molar-refractivity contribution in [2.24, 2.45) is 5.92 Å². The molecule has 2 aliphatic rings. The van der Waals surface area contributed by atoms with Crippen molar-refractivity contribution >= 4 is 23.3 Å². The van der Waals surface area contributed by atoms with E-state index < -0.39 is 0 Å². The minimum Gasteiger partial charge on any atom is -0.354 e. The van der Waals surface area contributed by atoms with Crippen LogP contribution in [0.15, 0.2) is 41.2 Å². The van der Waals surface area contributed by atoms with E-state index in [0.717, 1.165) is 32.2 Å². The second kappa shape index (κ2) is 9.65. The lowest BCUT2D eigenvalue weighted by Gasteiger charge is -2.33. The molecule has 2 heterocycles. The van der Waals surface area contributed by atoms with Gasteiger partial charge in [0.05, 0.1) is 11.6 Å². The largest absolute Gasteiger partial charge is 0.354 e. The number of carbonyl (C=O) groups excluding carboxylic acids is 1. The summed E-state index contributed by atoms with van der Waals surface area (Å²) in [7, 11) is 0. The van der Waals surface area contributed by atoms with E-state index in [-0.39, 0.29) is 17.4 Å². The van der Waals surface area contributed by atoms with Crippen LogP contribution in [0, 0.1) is 5.92 Å². The van der Waals surface area contributed by atoms with Crippen LogP contribution in [0.25, 0.3) is 5.69 Å². The molecular formula is C23H29ClN4O2. The van der Waals surface area contributed by atoms with Crippen molar-refractivity contribution in [2.75, 3.05) is 18.0 Å². The quantitative estimate of drug-likeness (QED) is 0.749. The fourth-order valence-corrected chi connectivity index (χ4v) is 4.69. The van der Waals surface area contributed by atoms with Gasteiger partial charge in [0.1, 0.15) is 5.82 Å². The highest BCUT2D eigenvalue weighted by molar-refractivity contribution is 6.30. The maximum atomic E-state index is 12.9. The molecule has 1 aliphatic carbocycles. The van der Waals surface area contributed by atoms with Crippen molar-refractivity contribution in [1.29, 1.82) is 0 Å². The standard InChI is InChI=1S/C23H29ClN4O2/c24-18-8-5-11-20(15-18)28-22(29)13-12-21(26-28)27-14-6-7-17(16-27)23(30)25-19-9-3-1-2-4-10-19/h5,8,11-13,15,17,19H,1-4,6-7,9-10,14,16H2,(H,25,30)/t17-/m0/s1. The summed E-state index contributed by atoms with van der Waals surface area (Å²) in [6, 6.07) is 10.7. The third-order valence-electron chi connectivity index (χ3n) is 6.16. The Morgan fingerprint density at radius 2 is 1.83 bits per heavy atom. The van der Waals surface area contributed by atoms with Gasteiger partial charge >= 0.3 is 0 Å². The molecule has 30 heavy (non-hydrogen) atoms. The van der Waals surface area contributed by atoms with Gasteiger partial charge in [-0.25, -0.2) is 0 Å². The van der Waals surface area contributed by atoms with Crippen LogP contribution in [0.1, 0.15) is 51.4 Å². The van der Waals surface area contributed by atoms with E-state index in [2.05, 4.69) is 15.3 Å². The Hall–Kier alpha value is -2.34. The van der Waals surface area contributed by atoms with E-state index in [4.69, 9.17) is 11.6 Å². The fraction of sp³-hybridized carbons (Fsp3) is 0.522. The highest BCUT2D eigenvalue weighted by atomic mass is 35.5. The number of hydrogen-bond donors (Lipinski definition) is 1. The Balaban J connectivity index is 1.47. The zero-order chi connectivity index (χ0) is 20.9. The number of benzene rings is 1. The van der Waals surface area contributed by atoms with Gasteiger partial charge in [-0.3, -0.25) is 9.59 Å². The van der Waals surface area contributed by atoms with Gasteiger partial charge in [0, 0.05) is 30.2 Å². The number of aromatic nitrogens is 2. The van der Waals surface area contributed by atoms with E-state index >= 15 is 0 Å². The van der Waals surface area contributed by atoms with Crippen molar-refractivity contribution in [3.8, 4) is 5.69 Å². The molecule has 0 unspecified atom stereocenters. The summed E-state index contributed by atoms with van der Waals surface area (Å²) in [6.45, 7) is 1.45. The summed E-state index contributed by atoms with van der Waals surface area (Å²) in [5.74, 6) is 0.826. The Bertz CT molecular complexity index is 937. The Morgan fingerprint density at radius 1 is 1.03 bits per heavy atom. The van der Waals surface area contributed by atoms with Crippen molar-refractivity contribution in [3.05, 3.63) is 51.8 Å². The number of hydrogen-bond acceptors (Lipinski definition) is 4. The third-order valence-corrected chi connectivity index (χ3v) is 6.39. The number of nitrogens with zero attached hydrogens (tertiary/aromatic N) is 3. The average molecular weight is 429 g/mol. The highest BCUT2D eigenvalue weighted by Gasteiger charge is 2.28. The van der Waals surface area contributed by atoms with Crippen LogP contribution in [0.5, 0.6) is 0 Å². The van der Waals surface area contributed by atoms with Gasteiger partial charge in [-0.2, -0.15) is 4.68 Å². The zero-order valence-electron chi connectivity index (χ0n) is 17.2. The predicted octanol–water partition coefficient (Wildman–Crippen LogP) is 3.94. The first-order chi connectivity index (χ1) is 14.6. The second-order valence-corrected chi connectivity index (χ2v) is 8.84. The molecule has 1 saturated carbocycles. The Labute approximate surface area is 182 Å². The molecule has 6 nitrogen and oxygen atoms in total. The average Bonchev–Trinajstić information content (AvgIpc) is 3.03. The monoisotopic (exact) mass is 428 g/mol. The van der Waals surface area contributed by atoms with Crippen molar-refractivity contribution in [1.82, 2.24) is 15.1 Å². The van der Waals surface area contributed by atoms with Crippen molar-refractivity contribution in [2.45, 2.75) is 57.4 Å². The number of nitrogens with one attached hydrogen (secondary N) is 1. The van der Waals surface area contributed by atoms with E-state index in [9.17, 15) is 9.59 Å². The minimum atomic E-state index is -0.208. The predicted molar refractivity (Wildman–Crippen MR) is 119 cm³/mol. The van der Waals surface area contributed by atoms with Crippen LogP contribution >= 0.6 is 11.6 Å². The van der Waals surface area contributed by atoms with E-state index in [0.29, 0.717) is 29.1 Å². The summed E-state index contributed by atoms with van der Waals surface area (Å²) >= 11 is 6.08. The van der Waals surface area contributed by atoms with Crippen LogP contribution in [0.4, 0.5) is 5.82 Å². The maximum absolute atomic E-state index is 12.9. The fourth-order valence-electron chi connectivity index (χ4n) is 4.50. The number of anilines is 1. The number of rotatable bonds is 4. The lowest BCUT2D eigenvalue weighted by molar-refractivity contribution is -0.126. The molecule has 1 aromatic heterocycles. The summed E-state index contributed by atoms with van der Waals surface area (Å²) in [4.78, 5) is 27.4. The van der Waals surface area contributed by atoms with Gasteiger partial charge in [0.2, 0.25) is 5.91 Å². The van der Waals surface area contributed by atoms with Crippen LogP contribution in [0.3, 0.4) is 0 Å². The van der Waals surface area contributed by atoms with Crippen LogP contribution in [-0.4, -0.2) is 34.8 Å². The molecule has 1 atom stereocenters. The molecular weight excluding hydrogens is 400 g/mol. The molecule has 2 aromatic rings. The summed E-state index contributed by atoms with van der Waals surface area (Å²) < 4.78 is 1.37. The lowest BCUT2D eigenvalue weighted by Crippen LogP contribution is -2.46. The first-order valence-electron chi connectivity index (χ1n) is 11.0. The molecule has 2 fully saturated rings. The van der Waals surface area contributed by atoms with Gasteiger partial charge < -0.3 is 10.2 Å². The van der Waals surface area contributed by atoms with Crippen LogP contribution < -0.4 is 15.8 Å². The Morgan fingerprint density at radius 3 is 2.60 bits per heavy atom. The van der Waals surface area contributed by atoms with E-state index in [1.54, 1.807) is 24.3 Å². The number of carbonyl (C=O) groups is 1. The van der Waals surface area contributed by atoms with Gasteiger partial charge in [-0.1, -0.05) is 43.4 Å². The van der Waals surface area contributed by atoms with Crippen molar-refractivity contribution < 1.29 is 4.79 Å². The molecule has 1 aliphatic heterocycles. The number of piperidine rings is 1. The second-order valence-electron chi connectivity index (χ2n) is 8.40. The van der Waals surface area contributed by atoms with Crippen molar-refractivity contribution in [3.63, 3.8) is 0 Å². The molecule has 1 aromatic carbocycles. The molecule has 7 heteroatoms. The van der Waals surface area contributed by atoms with Crippen LogP contribution in [-0.2, 0) is 4.79 Å². The van der Waals surface area contributed by atoms with E-state index in [1.165, 1.54) is 36.4 Å². The van der Waals surface area contributed by atoms with E-state index in [1.807, 2.05) is 6.07 Å². The molecule has 1 N–H and O–H groups in total. The molecule has 1 saturated heterocycles. The normalized spacial score (nSPS) is 20.6. The topological polar surface area (TPSA) is 67.2 Å².